The van der Waals surface area contributed by atoms with Crippen molar-refractivity contribution in [3.8, 4) is 11.7 Å². The fourth-order valence-electron chi connectivity index (χ4n) is 7.89. The van der Waals surface area contributed by atoms with Gasteiger partial charge in [0.2, 0.25) is 5.88 Å². The summed E-state index contributed by atoms with van der Waals surface area (Å²) in [6.45, 7) is 6.90. The van der Waals surface area contributed by atoms with E-state index in [0.717, 1.165) is 24.6 Å². The zero-order valence-corrected chi connectivity index (χ0v) is 25.0. The van der Waals surface area contributed by atoms with E-state index in [2.05, 4.69) is 38.9 Å². The number of carbonyl (C=O) groups excluding carboxylic acids is 1. The van der Waals surface area contributed by atoms with Crippen LogP contribution in [0.5, 0.6) is 5.88 Å². The molecule has 11 heteroatoms. The van der Waals surface area contributed by atoms with Crippen molar-refractivity contribution in [1.29, 1.82) is 0 Å². The van der Waals surface area contributed by atoms with E-state index in [1.807, 2.05) is 42.6 Å². The van der Waals surface area contributed by atoms with E-state index >= 15 is 0 Å². The van der Waals surface area contributed by atoms with Gasteiger partial charge in [-0.1, -0.05) is 6.07 Å². The molecule has 5 aliphatic rings. The molecule has 0 aromatic carbocycles. The van der Waals surface area contributed by atoms with Gasteiger partial charge in [-0.3, -0.25) is 9.52 Å². The number of fused-ring (bicyclic) bond motifs is 7. The molecular formula is C31H37N7O3S. The third kappa shape index (κ3) is 4.43. The summed E-state index contributed by atoms with van der Waals surface area (Å²) in [6.07, 6.45) is 9.55. The fourth-order valence-corrected chi connectivity index (χ4v) is 8.49. The van der Waals surface area contributed by atoms with Crippen LogP contribution in [-0.2, 0) is 4.74 Å². The van der Waals surface area contributed by atoms with Gasteiger partial charge < -0.3 is 19.7 Å². The van der Waals surface area contributed by atoms with Crippen LogP contribution < -0.4 is 19.7 Å². The topological polar surface area (TPSA) is 106 Å². The Hall–Kier alpha value is -3.31. The Balaban J connectivity index is 1.04. The molecule has 42 heavy (non-hydrogen) atoms. The molecular weight excluding hydrogens is 550 g/mol. The molecule has 1 saturated heterocycles. The Morgan fingerprint density at radius 3 is 2.74 bits per heavy atom. The molecule has 3 aromatic rings. The van der Waals surface area contributed by atoms with Gasteiger partial charge in [0.25, 0.3) is 5.91 Å². The lowest BCUT2D eigenvalue weighted by Crippen LogP contribution is -2.40. The van der Waals surface area contributed by atoms with Crippen molar-refractivity contribution in [2.24, 2.45) is 16.7 Å². The molecule has 10 nitrogen and oxygen atoms in total. The predicted molar refractivity (Wildman–Crippen MR) is 160 cm³/mol. The summed E-state index contributed by atoms with van der Waals surface area (Å²) in [4.78, 5) is 25.4. The predicted octanol–water partition coefficient (Wildman–Crippen LogP) is 4.86. The second-order valence-electron chi connectivity index (χ2n) is 13.1. The normalized spacial score (nSPS) is 24.8. The van der Waals surface area contributed by atoms with Crippen molar-refractivity contribution in [2.45, 2.75) is 69.0 Å². The second-order valence-corrected chi connectivity index (χ2v) is 13.9. The van der Waals surface area contributed by atoms with Gasteiger partial charge in [0.1, 0.15) is 16.7 Å². The Labute approximate surface area is 250 Å². The zero-order chi connectivity index (χ0) is 28.5. The van der Waals surface area contributed by atoms with Gasteiger partial charge >= 0.3 is 0 Å². The number of hydrogen-bond acceptors (Lipinski definition) is 9. The average Bonchev–Trinajstić information content (AvgIpc) is 3.93. The van der Waals surface area contributed by atoms with Crippen molar-refractivity contribution in [2.75, 3.05) is 36.5 Å². The molecule has 2 aliphatic heterocycles. The molecule has 8 rings (SSSR count). The minimum absolute atomic E-state index is 0.0164. The maximum atomic E-state index is 13.5. The van der Waals surface area contributed by atoms with E-state index in [1.165, 1.54) is 37.6 Å². The molecule has 2 spiro atoms. The summed E-state index contributed by atoms with van der Waals surface area (Å²) in [5, 5.41) is 8.70. The van der Waals surface area contributed by atoms with Gasteiger partial charge in [-0.25, -0.2) is 14.6 Å². The lowest BCUT2D eigenvalue weighted by molar-refractivity contribution is 0.0710. The third-order valence-electron chi connectivity index (χ3n) is 10.2. The smallest absolute Gasteiger partial charge is 0.265 e. The van der Waals surface area contributed by atoms with Gasteiger partial charge in [-0.15, -0.1) is 5.10 Å². The van der Waals surface area contributed by atoms with Crippen LogP contribution >= 0.6 is 11.9 Å². The Morgan fingerprint density at radius 2 is 1.93 bits per heavy atom. The molecule has 3 saturated carbocycles. The Morgan fingerprint density at radius 1 is 1.10 bits per heavy atom. The van der Waals surface area contributed by atoms with Crippen molar-refractivity contribution in [3.05, 3.63) is 48.2 Å². The van der Waals surface area contributed by atoms with E-state index in [1.54, 1.807) is 4.68 Å². The standard InChI is InChI=1S/C31H37N7O3S/c1-29(2)18-20-19-37(29)27-21(28(39)36-42-26-5-3-4-23(33-26)32-14-17-40-20)6-7-24(34-27)38-15-8-25(35-38)41-16-9-22-30(10-11-30)31(22)12-13-31/h3-8,15,20,22H,9-14,16-19H2,1-2H3,(H,32,33)(H,36,39). The molecule has 4 fully saturated rings. The third-order valence-corrected chi connectivity index (χ3v) is 10.9. The summed E-state index contributed by atoms with van der Waals surface area (Å²) >= 11 is 1.20. The lowest BCUT2D eigenvalue weighted by Gasteiger charge is -2.33. The number of ether oxygens (including phenoxy) is 2. The monoisotopic (exact) mass is 587 g/mol. The summed E-state index contributed by atoms with van der Waals surface area (Å²) in [7, 11) is 0. The minimum atomic E-state index is -0.256. The van der Waals surface area contributed by atoms with Crippen LogP contribution in [-0.4, -0.2) is 63.6 Å². The molecule has 1 amide bonds. The number of hydrogen-bond donors (Lipinski definition) is 2. The van der Waals surface area contributed by atoms with E-state index in [0.29, 0.717) is 65.2 Å². The molecule has 1 atom stereocenters. The molecule has 0 radical (unpaired) electrons. The molecule has 3 aromatic heterocycles. The largest absolute Gasteiger partial charge is 0.477 e. The average molecular weight is 588 g/mol. The number of rotatable bonds is 5. The molecule has 1 unspecified atom stereocenters. The highest BCUT2D eigenvalue weighted by Gasteiger charge is 2.85. The van der Waals surface area contributed by atoms with Crippen molar-refractivity contribution in [3.63, 3.8) is 0 Å². The SMILES string of the molecule is CC1(C)CC2CN1c1nc(-n3ccc(OCCC4C5(CC5)C45CC5)n3)ccc1C(=O)NSc1cccc(n1)NCCO2. The number of amides is 1. The maximum Gasteiger partial charge on any atom is 0.265 e. The maximum absolute atomic E-state index is 13.5. The molecule has 2 N–H and O–H groups in total. The summed E-state index contributed by atoms with van der Waals surface area (Å²) < 4.78 is 17.1. The van der Waals surface area contributed by atoms with Crippen molar-refractivity contribution >= 4 is 29.5 Å². The highest BCUT2D eigenvalue weighted by molar-refractivity contribution is 7.97. The van der Waals surface area contributed by atoms with Gasteiger partial charge in [-0.05, 0) is 93.4 Å². The number of carbonyl (C=O) groups is 1. The van der Waals surface area contributed by atoms with E-state index in [4.69, 9.17) is 14.5 Å². The first-order chi connectivity index (χ1) is 20.4. The van der Waals surface area contributed by atoms with Crippen LogP contribution in [0.4, 0.5) is 11.6 Å². The van der Waals surface area contributed by atoms with Gasteiger partial charge in [0.05, 0.1) is 24.9 Å². The zero-order valence-electron chi connectivity index (χ0n) is 24.1. The van der Waals surface area contributed by atoms with Crippen LogP contribution in [0.1, 0.15) is 62.7 Å². The Bertz CT molecular complexity index is 1510. The highest BCUT2D eigenvalue weighted by atomic mass is 32.2. The van der Waals surface area contributed by atoms with Gasteiger partial charge in [-0.2, -0.15) is 0 Å². The number of nitrogens with one attached hydrogen (secondary N) is 2. The van der Waals surface area contributed by atoms with E-state index < -0.39 is 0 Å². The number of pyridine rings is 2. The molecule has 220 valence electrons. The Kier molecular flexibility index (Phi) is 6.02. The summed E-state index contributed by atoms with van der Waals surface area (Å²) in [6, 6.07) is 11.3. The first-order valence-electron chi connectivity index (χ1n) is 15.1. The van der Waals surface area contributed by atoms with Crippen molar-refractivity contribution < 1.29 is 14.3 Å². The summed E-state index contributed by atoms with van der Waals surface area (Å²) in [5.74, 6) is 3.25. The minimum Gasteiger partial charge on any atom is -0.477 e. The van der Waals surface area contributed by atoms with Crippen LogP contribution in [0.2, 0.25) is 0 Å². The number of aromatic nitrogens is 4. The second kappa shape index (κ2) is 9.60. The van der Waals surface area contributed by atoms with Crippen LogP contribution in [0.25, 0.3) is 5.82 Å². The van der Waals surface area contributed by atoms with E-state index in [9.17, 15) is 4.79 Å². The van der Waals surface area contributed by atoms with Crippen molar-refractivity contribution in [1.82, 2.24) is 24.5 Å². The number of nitrogens with zero attached hydrogens (tertiary/aromatic N) is 5. The summed E-state index contributed by atoms with van der Waals surface area (Å²) in [5.41, 5.74) is 1.64. The lowest BCUT2D eigenvalue weighted by atomic mass is 10.0. The van der Waals surface area contributed by atoms with Crippen LogP contribution in [0, 0.1) is 16.7 Å². The van der Waals surface area contributed by atoms with E-state index in [-0.39, 0.29) is 17.6 Å². The molecule has 5 heterocycles. The van der Waals surface area contributed by atoms with Gasteiger partial charge in [0, 0.05) is 42.8 Å². The first kappa shape index (κ1) is 26.3. The fraction of sp³-hybridized carbons (Fsp3) is 0.548. The molecule has 4 bridgehead atoms. The quantitative estimate of drug-likeness (QED) is 0.405. The first-order valence-corrected chi connectivity index (χ1v) is 16.0. The van der Waals surface area contributed by atoms with Gasteiger partial charge in [0.15, 0.2) is 5.82 Å². The highest BCUT2D eigenvalue weighted by Crippen LogP contribution is 2.93. The van der Waals surface area contributed by atoms with Crippen LogP contribution in [0.3, 0.4) is 0 Å². The van der Waals surface area contributed by atoms with Crippen LogP contribution in [0.15, 0.2) is 47.6 Å². The number of anilines is 2. The molecule has 3 aliphatic carbocycles.